The predicted octanol–water partition coefficient (Wildman–Crippen LogP) is 5.68. The van der Waals surface area contributed by atoms with Gasteiger partial charge in [-0.3, -0.25) is 14.4 Å². The fourth-order valence-corrected chi connectivity index (χ4v) is 6.14. The van der Waals surface area contributed by atoms with E-state index in [-0.39, 0.29) is 37.7 Å². The van der Waals surface area contributed by atoms with E-state index in [0.29, 0.717) is 39.2 Å². The summed E-state index contributed by atoms with van der Waals surface area (Å²) in [6.45, 7) is 0.403. The molecule has 1 aliphatic heterocycles. The van der Waals surface area contributed by atoms with E-state index in [9.17, 15) is 14.4 Å². The summed E-state index contributed by atoms with van der Waals surface area (Å²) in [5, 5.41) is 3.81. The standard InChI is InChI=1S/C30H34Cl2N2O6/c1-38-24-11-8-19(13-25(24)39-2)17-33-27(35)14-21-16-30(29(37)40-3)12-6-4-5-7-26(30)34(28(21)36)18-20-9-10-22(31)15-23(20)32/h7-11,13,15,21H,4-6,12,14,16-18H2,1-3H3,(H,33,35)/t21-,30+/m1/s1. The van der Waals surface area contributed by atoms with Crippen molar-refractivity contribution in [3.8, 4) is 11.5 Å². The van der Waals surface area contributed by atoms with Crippen LogP contribution in [0.4, 0.5) is 0 Å². The molecule has 1 N–H and O–H groups in total. The van der Waals surface area contributed by atoms with Crippen molar-refractivity contribution in [2.45, 2.75) is 51.6 Å². The van der Waals surface area contributed by atoms with Gasteiger partial charge in [-0.15, -0.1) is 0 Å². The highest BCUT2D eigenvalue weighted by molar-refractivity contribution is 6.35. The molecule has 2 atom stereocenters. The molecule has 0 spiro atoms. The minimum Gasteiger partial charge on any atom is -0.493 e. The van der Waals surface area contributed by atoms with Gasteiger partial charge in [0.05, 0.1) is 27.9 Å². The van der Waals surface area contributed by atoms with Crippen molar-refractivity contribution in [2.24, 2.45) is 11.3 Å². The zero-order valence-corrected chi connectivity index (χ0v) is 24.4. The Labute approximate surface area is 244 Å². The number of fused-ring (bicyclic) bond motifs is 1. The van der Waals surface area contributed by atoms with Crippen molar-refractivity contribution in [1.29, 1.82) is 0 Å². The van der Waals surface area contributed by atoms with Gasteiger partial charge in [0.15, 0.2) is 11.5 Å². The summed E-state index contributed by atoms with van der Waals surface area (Å²) in [7, 11) is 4.47. The average molecular weight is 590 g/mol. The van der Waals surface area contributed by atoms with E-state index in [1.165, 1.54) is 7.11 Å². The highest BCUT2D eigenvalue weighted by Crippen LogP contribution is 2.50. The van der Waals surface area contributed by atoms with Crippen LogP contribution in [0.25, 0.3) is 0 Å². The molecule has 0 saturated carbocycles. The van der Waals surface area contributed by atoms with Gasteiger partial charge < -0.3 is 24.4 Å². The maximum Gasteiger partial charge on any atom is 0.317 e. The molecule has 0 radical (unpaired) electrons. The Hall–Kier alpha value is -3.23. The number of benzene rings is 2. The van der Waals surface area contributed by atoms with Gasteiger partial charge in [-0.2, -0.15) is 0 Å². The Morgan fingerprint density at radius 2 is 1.82 bits per heavy atom. The van der Waals surface area contributed by atoms with E-state index >= 15 is 0 Å². The van der Waals surface area contributed by atoms with Gasteiger partial charge in [-0.05, 0) is 61.1 Å². The number of ether oxygens (including phenoxy) is 3. The lowest BCUT2D eigenvalue weighted by Gasteiger charge is -2.46. The molecule has 1 heterocycles. The number of methoxy groups -OCH3 is 3. The van der Waals surface area contributed by atoms with Crippen molar-refractivity contribution in [1.82, 2.24) is 10.2 Å². The first-order chi connectivity index (χ1) is 19.2. The van der Waals surface area contributed by atoms with Gasteiger partial charge >= 0.3 is 5.97 Å². The molecule has 0 aromatic heterocycles. The summed E-state index contributed by atoms with van der Waals surface area (Å²) in [4.78, 5) is 42.1. The van der Waals surface area contributed by atoms with Crippen LogP contribution in [-0.2, 0) is 32.2 Å². The molecule has 0 unspecified atom stereocenters. The largest absolute Gasteiger partial charge is 0.493 e. The average Bonchev–Trinajstić information content (AvgIpc) is 3.17. The zero-order chi connectivity index (χ0) is 28.9. The number of carbonyl (C=O) groups excluding carboxylic acids is 3. The van der Waals surface area contributed by atoms with Crippen LogP contribution in [0, 0.1) is 11.3 Å². The molecule has 8 nitrogen and oxygen atoms in total. The van der Waals surface area contributed by atoms with E-state index in [4.69, 9.17) is 37.4 Å². The van der Waals surface area contributed by atoms with Gasteiger partial charge in [0, 0.05) is 34.6 Å². The lowest BCUT2D eigenvalue weighted by molar-refractivity contribution is -0.160. The van der Waals surface area contributed by atoms with Crippen molar-refractivity contribution in [3.05, 3.63) is 69.3 Å². The molecule has 1 aliphatic carbocycles. The van der Waals surface area contributed by atoms with Gasteiger partial charge in [0.2, 0.25) is 11.8 Å². The molecule has 0 bridgehead atoms. The minimum absolute atomic E-state index is 0.0665. The van der Waals surface area contributed by atoms with E-state index in [2.05, 4.69) is 5.32 Å². The molecule has 1 saturated heterocycles. The second-order valence-electron chi connectivity index (χ2n) is 10.1. The normalized spacial score (nSPS) is 20.6. The Balaban J connectivity index is 1.59. The van der Waals surface area contributed by atoms with Crippen LogP contribution >= 0.6 is 23.2 Å². The van der Waals surface area contributed by atoms with Crippen molar-refractivity contribution in [2.75, 3.05) is 21.3 Å². The van der Waals surface area contributed by atoms with Gasteiger partial charge in [-0.25, -0.2) is 0 Å². The lowest BCUT2D eigenvalue weighted by atomic mass is 9.69. The number of halogens is 2. The smallest absolute Gasteiger partial charge is 0.317 e. The van der Waals surface area contributed by atoms with Gasteiger partial charge in [-0.1, -0.05) is 47.8 Å². The van der Waals surface area contributed by atoms with Crippen LogP contribution in [-0.4, -0.2) is 44.0 Å². The number of nitrogens with one attached hydrogen (secondary N) is 1. The summed E-state index contributed by atoms with van der Waals surface area (Å²) in [6.07, 6.45) is 5.08. The van der Waals surface area contributed by atoms with Crippen molar-refractivity contribution in [3.63, 3.8) is 0 Å². The number of esters is 1. The molecular formula is C30H34Cl2N2O6. The Morgan fingerprint density at radius 3 is 2.52 bits per heavy atom. The number of piperidine rings is 1. The van der Waals surface area contributed by atoms with Gasteiger partial charge in [0.25, 0.3) is 0 Å². The number of nitrogens with zero attached hydrogens (tertiary/aromatic N) is 1. The summed E-state index contributed by atoms with van der Waals surface area (Å²) < 4.78 is 15.9. The van der Waals surface area contributed by atoms with Gasteiger partial charge in [0.1, 0.15) is 5.41 Å². The van der Waals surface area contributed by atoms with Crippen LogP contribution < -0.4 is 14.8 Å². The van der Waals surface area contributed by atoms with Crippen LogP contribution in [0.15, 0.2) is 48.2 Å². The maximum absolute atomic E-state index is 13.9. The Kier molecular flexibility index (Phi) is 9.64. The van der Waals surface area contributed by atoms with Crippen LogP contribution in [0.1, 0.15) is 49.7 Å². The fourth-order valence-electron chi connectivity index (χ4n) is 5.67. The molecule has 2 aromatic carbocycles. The Morgan fingerprint density at radius 1 is 1.05 bits per heavy atom. The Bertz CT molecular complexity index is 1310. The molecule has 40 heavy (non-hydrogen) atoms. The molecule has 2 aromatic rings. The summed E-state index contributed by atoms with van der Waals surface area (Å²) in [5.74, 6) is -0.479. The summed E-state index contributed by atoms with van der Waals surface area (Å²) >= 11 is 12.6. The number of hydrogen-bond donors (Lipinski definition) is 1. The number of carbonyl (C=O) groups is 3. The maximum atomic E-state index is 13.9. The highest BCUT2D eigenvalue weighted by Gasteiger charge is 2.53. The molecule has 2 aliphatic rings. The third-order valence-electron chi connectivity index (χ3n) is 7.68. The lowest BCUT2D eigenvalue weighted by Crippen LogP contribution is -2.53. The van der Waals surface area contributed by atoms with Crippen molar-refractivity contribution >= 4 is 41.0 Å². The third-order valence-corrected chi connectivity index (χ3v) is 8.26. The first kappa shape index (κ1) is 29.7. The number of likely N-dealkylation sites (tertiary alicyclic amines) is 1. The van der Waals surface area contributed by atoms with E-state index in [1.54, 1.807) is 49.5 Å². The third kappa shape index (κ3) is 6.23. The van der Waals surface area contributed by atoms with Crippen molar-refractivity contribution < 1.29 is 28.6 Å². The zero-order valence-electron chi connectivity index (χ0n) is 22.9. The fraction of sp³-hybridized carbons (Fsp3) is 0.433. The first-order valence-electron chi connectivity index (χ1n) is 13.2. The molecule has 10 heteroatoms. The molecule has 1 fully saturated rings. The number of hydrogen-bond acceptors (Lipinski definition) is 6. The predicted molar refractivity (Wildman–Crippen MR) is 152 cm³/mol. The molecule has 214 valence electrons. The molecular weight excluding hydrogens is 555 g/mol. The summed E-state index contributed by atoms with van der Waals surface area (Å²) in [6, 6.07) is 10.5. The quantitative estimate of drug-likeness (QED) is 0.378. The first-order valence-corrected chi connectivity index (χ1v) is 14.0. The SMILES string of the molecule is COC(=O)[C@]12CCCCC=C1N(Cc1ccc(Cl)cc1Cl)C(=O)[C@H](CC(=O)NCc1ccc(OC)c(OC)c1)C2. The van der Waals surface area contributed by atoms with Crippen LogP contribution in [0.3, 0.4) is 0 Å². The second kappa shape index (κ2) is 13.0. The van der Waals surface area contributed by atoms with E-state index in [0.717, 1.165) is 24.8 Å². The minimum atomic E-state index is -1.02. The second-order valence-corrected chi connectivity index (χ2v) is 11.0. The van der Waals surface area contributed by atoms with E-state index < -0.39 is 17.3 Å². The van der Waals surface area contributed by atoms with E-state index in [1.807, 2.05) is 12.1 Å². The molecule has 4 rings (SSSR count). The summed E-state index contributed by atoms with van der Waals surface area (Å²) in [5.41, 5.74) is 1.13. The van der Waals surface area contributed by atoms with Crippen LogP contribution in [0.5, 0.6) is 11.5 Å². The molecule has 2 amide bonds. The monoisotopic (exact) mass is 588 g/mol. The number of amides is 2. The highest BCUT2D eigenvalue weighted by atomic mass is 35.5. The van der Waals surface area contributed by atoms with Crippen LogP contribution in [0.2, 0.25) is 10.0 Å². The topological polar surface area (TPSA) is 94.2 Å². The number of allylic oxidation sites excluding steroid dienone is 1. The number of rotatable bonds is 9.